The zero-order chi connectivity index (χ0) is 13.9. The Balaban J connectivity index is 1.89. The number of pyridine rings is 1. The average Bonchev–Trinajstić information content (AvgIpc) is 2.91. The first-order chi connectivity index (χ1) is 9.78. The van der Waals surface area contributed by atoms with Crippen LogP contribution in [0.1, 0.15) is 17.4 Å². The average molecular weight is 267 g/mol. The van der Waals surface area contributed by atoms with Gasteiger partial charge in [-0.1, -0.05) is 24.3 Å². The summed E-state index contributed by atoms with van der Waals surface area (Å²) >= 11 is 0. The molecule has 0 saturated heterocycles. The van der Waals surface area contributed by atoms with Crippen molar-refractivity contribution in [2.24, 2.45) is 12.9 Å². The zero-order valence-electron chi connectivity index (χ0n) is 11.3. The summed E-state index contributed by atoms with van der Waals surface area (Å²) in [5, 5.41) is 1.15. The van der Waals surface area contributed by atoms with Crippen molar-refractivity contribution in [2.75, 3.05) is 0 Å². The van der Waals surface area contributed by atoms with E-state index in [9.17, 15) is 0 Å². The third-order valence-electron chi connectivity index (χ3n) is 3.48. The molecule has 0 aliphatic heterocycles. The molecule has 5 heteroatoms. The number of fused-ring (bicyclic) bond motifs is 1. The number of rotatable bonds is 4. The highest BCUT2D eigenvalue weighted by Crippen LogP contribution is 2.18. The predicted molar refractivity (Wildman–Crippen MR) is 78.7 cm³/mol. The molecule has 0 aliphatic rings. The fraction of sp³-hybridized carbons (Fsp3) is 0.200. The Morgan fingerprint density at radius 3 is 2.85 bits per heavy atom. The molecule has 3 rings (SSSR count). The van der Waals surface area contributed by atoms with E-state index in [2.05, 4.69) is 27.5 Å². The van der Waals surface area contributed by atoms with Crippen LogP contribution in [0.4, 0.5) is 0 Å². The summed E-state index contributed by atoms with van der Waals surface area (Å²) in [6.45, 7) is 0. The molecule has 3 N–H and O–H groups in total. The van der Waals surface area contributed by atoms with Gasteiger partial charge in [-0.2, -0.15) is 0 Å². The van der Waals surface area contributed by atoms with Gasteiger partial charge in [0.2, 0.25) is 0 Å². The highest BCUT2D eigenvalue weighted by atomic mass is 15.2. The standard InChI is InChI=1S/C15H17N5/c1-20-10-17-9-15(20)14(19-16)8-12-7-6-11-4-2-3-5-13(11)18-12/h2-7,9-10,14,19H,8,16H2,1H3. The summed E-state index contributed by atoms with van der Waals surface area (Å²) in [6.07, 6.45) is 4.32. The number of nitrogens with one attached hydrogen (secondary N) is 1. The molecule has 0 spiro atoms. The molecule has 0 bridgehead atoms. The van der Waals surface area contributed by atoms with Gasteiger partial charge in [-0.15, -0.1) is 0 Å². The highest BCUT2D eigenvalue weighted by molar-refractivity contribution is 5.78. The quantitative estimate of drug-likeness (QED) is 0.558. The molecular formula is C15H17N5. The number of hydrazine groups is 1. The largest absolute Gasteiger partial charge is 0.336 e. The highest BCUT2D eigenvalue weighted by Gasteiger charge is 2.14. The number of nitrogens with zero attached hydrogens (tertiary/aromatic N) is 3. The van der Waals surface area contributed by atoms with Crippen molar-refractivity contribution >= 4 is 10.9 Å². The molecule has 1 atom stereocenters. The van der Waals surface area contributed by atoms with E-state index < -0.39 is 0 Å². The number of hydrogen-bond donors (Lipinski definition) is 2. The summed E-state index contributed by atoms with van der Waals surface area (Å²) in [5.74, 6) is 5.67. The predicted octanol–water partition coefficient (Wildman–Crippen LogP) is 1.72. The monoisotopic (exact) mass is 267 g/mol. The first-order valence-corrected chi connectivity index (χ1v) is 6.55. The third-order valence-corrected chi connectivity index (χ3v) is 3.48. The SMILES string of the molecule is Cn1cncc1C(Cc1ccc2ccccc2n1)NN. The van der Waals surface area contributed by atoms with E-state index in [1.54, 1.807) is 6.33 Å². The first-order valence-electron chi connectivity index (χ1n) is 6.55. The first kappa shape index (κ1) is 12.8. The van der Waals surface area contributed by atoms with E-state index in [0.29, 0.717) is 0 Å². The van der Waals surface area contributed by atoms with Gasteiger partial charge in [0.15, 0.2) is 0 Å². The van der Waals surface area contributed by atoms with Crippen LogP contribution in [0.5, 0.6) is 0 Å². The Morgan fingerprint density at radius 1 is 1.25 bits per heavy atom. The van der Waals surface area contributed by atoms with Crippen molar-refractivity contribution in [2.45, 2.75) is 12.5 Å². The van der Waals surface area contributed by atoms with Crippen LogP contribution < -0.4 is 11.3 Å². The van der Waals surface area contributed by atoms with Crippen LogP contribution >= 0.6 is 0 Å². The van der Waals surface area contributed by atoms with Crippen molar-refractivity contribution < 1.29 is 0 Å². The third kappa shape index (κ3) is 2.41. The number of para-hydroxylation sites is 1. The zero-order valence-corrected chi connectivity index (χ0v) is 11.3. The van der Waals surface area contributed by atoms with Gasteiger partial charge in [0.1, 0.15) is 0 Å². The van der Waals surface area contributed by atoms with Crippen molar-refractivity contribution in [3.05, 3.63) is 60.3 Å². The van der Waals surface area contributed by atoms with Crippen LogP contribution in [0.15, 0.2) is 48.9 Å². The second kappa shape index (κ2) is 5.40. The maximum Gasteiger partial charge on any atom is 0.0946 e. The number of imidazole rings is 1. The van der Waals surface area contributed by atoms with Gasteiger partial charge in [-0.3, -0.25) is 16.3 Å². The molecular weight excluding hydrogens is 250 g/mol. The number of aryl methyl sites for hydroxylation is 1. The Kier molecular flexibility index (Phi) is 3.45. The van der Waals surface area contributed by atoms with Crippen LogP contribution in [-0.4, -0.2) is 14.5 Å². The van der Waals surface area contributed by atoms with E-state index in [-0.39, 0.29) is 6.04 Å². The maximum atomic E-state index is 5.67. The molecule has 2 heterocycles. The number of aromatic nitrogens is 3. The van der Waals surface area contributed by atoms with Crippen molar-refractivity contribution in [3.8, 4) is 0 Å². The van der Waals surface area contributed by atoms with E-state index in [1.165, 1.54) is 0 Å². The molecule has 1 aromatic carbocycles. The van der Waals surface area contributed by atoms with Gasteiger partial charge in [-0.25, -0.2) is 4.98 Å². The molecule has 2 aromatic heterocycles. The van der Waals surface area contributed by atoms with E-state index in [1.807, 2.05) is 42.1 Å². The minimum Gasteiger partial charge on any atom is -0.336 e. The van der Waals surface area contributed by atoms with Gasteiger partial charge in [-0.05, 0) is 12.1 Å². The van der Waals surface area contributed by atoms with Crippen LogP contribution in [-0.2, 0) is 13.5 Å². The van der Waals surface area contributed by atoms with Crippen molar-refractivity contribution in [3.63, 3.8) is 0 Å². The van der Waals surface area contributed by atoms with Crippen molar-refractivity contribution in [1.29, 1.82) is 0 Å². The number of hydrogen-bond acceptors (Lipinski definition) is 4. The minimum absolute atomic E-state index is 0.00355. The topological polar surface area (TPSA) is 68.8 Å². The lowest BCUT2D eigenvalue weighted by Gasteiger charge is -2.16. The van der Waals surface area contributed by atoms with E-state index in [0.717, 1.165) is 28.7 Å². The van der Waals surface area contributed by atoms with Gasteiger partial charge in [0, 0.05) is 30.7 Å². The molecule has 102 valence electrons. The summed E-state index contributed by atoms with van der Waals surface area (Å²) < 4.78 is 1.96. The van der Waals surface area contributed by atoms with Crippen LogP contribution in [0.3, 0.4) is 0 Å². The van der Waals surface area contributed by atoms with Gasteiger partial charge >= 0.3 is 0 Å². The number of nitrogens with two attached hydrogens (primary N) is 1. The molecule has 0 fully saturated rings. The van der Waals surface area contributed by atoms with Gasteiger partial charge < -0.3 is 4.57 Å². The Labute approximate surface area is 117 Å². The minimum atomic E-state index is -0.00355. The summed E-state index contributed by atoms with van der Waals surface area (Å²) in [4.78, 5) is 8.81. The molecule has 0 aliphatic carbocycles. The second-order valence-electron chi connectivity index (χ2n) is 4.85. The molecule has 0 saturated carbocycles. The van der Waals surface area contributed by atoms with E-state index >= 15 is 0 Å². The second-order valence-corrected chi connectivity index (χ2v) is 4.85. The van der Waals surface area contributed by atoms with Crippen LogP contribution in [0, 0.1) is 0 Å². The van der Waals surface area contributed by atoms with Gasteiger partial charge in [0.25, 0.3) is 0 Å². The van der Waals surface area contributed by atoms with Crippen LogP contribution in [0.2, 0.25) is 0 Å². The number of benzene rings is 1. The maximum absolute atomic E-state index is 5.67. The van der Waals surface area contributed by atoms with E-state index in [4.69, 9.17) is 5.84 Å². The summed E-state index contributed by atoms with van der Waals surface area (Å²) in [7, 11) is 1.96. The lowest BCUT2D eigenvalue weighted by molar-refractivity contribution is 0.517. The molecule has 0 amide bonds. The normalized spacial score (nSPS) is 12.7. The molecule has 0 radical (unpaired) electrons. The smallest absolute Gasteiger partial charge is 0.0946 e. The fourth-order valence-corrected chi connectivity index (χ4v) is 2.38. The fourth-order valence-electron chi connectivity index (χ4n) is 2.38. The molecule has 20 heavy (non-hydrogen) atoms. The summed E-state index contributed by atoms with van der Waals surface area (Å²) in [5.41, 5.74) is 5.90. The summed E-state index contributed by atoms with van der Waals surface area (Å²) in [6, 6.07) is 12.2. The lowest BCUT2D eigenvalue weighted by Crippen LogP contribution is -2.31. The Hall–Kier alpha value is -2.24. The van der Waals surface area contributed by atoms with Crippen LogP contribution in [0.25, 0.3) is 10.9 Å². The Bertz CT molecular complexity index is 719. The molecule has 3 aromatic rings. The Morgan fingerprint density at radius 2 is 2.10 bits per heavy atom. The van der Waals surface area contributed by atoms with Gasteiger partial charge in [0.05, 0.1) is 23.6 Å². The van der Waals surface area contributed by atoms with Crippen molar-refractivity contribution in [1.82, 2.24) is 20.0 Å². The lowest BCUT2D eigenvalue weighted by atomic mass is 10.1. The molecule has 5 nitrogen and oxygen atoms in total. The molecule has 1 unspecified atom stereocenters.